The summed E-state index contributed by atoms with van der Waals surface area (Å²) in [5, 5.41) is 13.1. The van der Waals surface area contributed by atoms with Crippen LogP contribution >= 0.6 is 0 Å². The minimum atomic E-state index is -0.740. The number of carbonyl (C=O) groups is 2. The van der Waals surface area contributed by atoms with E-state index in [0.717, 1.165) is 0 Å². The number of carbonyl (C=O) groups excluding carboxylic acids is 2. The Labute approximate surface area is 128 Å². The van der Waals surface area contributed by atoms with Gasteiger partial charge in [-0.3, -0.25) is 14.9 Å². The summed E-state index contributed by atoms with van der Waals surface area (Å²) >= 11 is 0. The van der Waals surface area contributed by atoms with Crippen molar-refractivity contribution in [1.82, 2.24) is 5.32 Å². The minimum Gasteiger partial charge on any atom is -0.444 e. The normalized spacial score (nSPS) is 12.4. The van der Waals surface area contributed by atoms with Gasteiger partial charge in [0, 0.05) is 17.7 Å². The summed E-state index contributed by atoms with van der Waals surface area (Å²) in [7, 11) is 0. The van der Waals surface area contributed by atoms with E-state index in [9.17, 15) is 19.7 Å². The molecule has 1 aromatic rings. The third-order valence-corrected chi connectivity index (χ3v) is 2.78. The molecular weight excluding hydrogens is 288 g/mol. The van der Waals surface area contributed by atoms with Gasteiger partial charge in [-0.15, -0.1) is 0 Å². The molecule has 1 N–H and O–H groups in total. The highest BCUT2D eigenvalue weighted by Crippen LogP contribution is 2.14. The topological polar surface area (TPSA) is 98.5 Å². The lowest BCUT2D eigenvalue weighted by Gasteiger charge is -2.22. The number of ketones is 1. The molecule has 1 unspecified atom stereocenters. The van der Waals surface area contributed by atoms with Gasteiger partial charge < -0.3 is 10.1 Å². The molecule has 22 heavy (non-hydrogen) atoms. The van der Waals surface area contributed by atoms with E-state index in [-0.39, 0.29) is 11.5 Å². The Bertz CT molecular complexity index is 560. The number of benzene rings is 1. The molecule has 7 nitrogen and oxygen atoms in total. The van der Waals surface area contributed by atoms with Crippen LogP contribution in [0.25, 0.3) is 0 Å². The maximum absolute atomic E-state index is 12.3. The molecule has 0 aliphatic heterocycles. The fourth-order valence-electron chi connectivity index (χ4n) is 1.75. The third-order valence-electron chi connectivity index (χ3n) is 2.78. The number of hydrogen-bond donors (Lipinski definition) is 1. The number of nitrogens with zero attached hydrogens (tertiary/aromatic N) is 1. The lowest BCUT2D eigenvalue weighted by atomic mass is 10.0. The van der Waals surface area contributed by atoms with Gasteiger partial charge in [-0.05, 0) is 39.3 Å². The number of non-ortho nitro benzene ring substituents is 1. The molecule has 0 fully saturated rings. The van der Waals surface area contributed by atoms with Gasteiger partial charge in [-0.2, -0.15) is 0 Å². The summed E-state index contributed by atoms with van der Waals surface area (Å²) in [6, 6.07) is 4.53. The Morgan fingerprint density at radius 1 is 1.27 bits per heavy atom. The van der Waals surface area contributed by atoms with Gasteiger partial charge in [-0.25, -0.2) is 4.79 Å². The van der Waals surface area contributed by atoms with Gasteiger partial charge in [0.25, 0.3) is 5.69 Å². The Balaban J connectivity index is 2.79. The molecule has 0 aliphatic carbocycles. The largest absolute Gasteiger partial charge is 0.444 e. The zero-order valence-electron chi connectivity index (χ0n) is 13.1. The summed E-state index contributed by atoms with van der Waals surface area (Å²) < 4.78 is 5.12. The summed E-state index contributed by atoms with van der Waals surface area (Å²) in [5.74, 6) is -0.316. The fourth-order valence-corrected chi connectivity index (χ4v) is 1.75. The first-order valence-corrected chi connectivity index (χ1v) is 6.92. The van der Waals surface area contributed by atoms with Crippen molar-refractivity contribution in [3.8, 4) is 0 Å². The van der Waals surface area contributed by atoms with Crippen molar-refractivity contribution in [2.45, 2.75) is 45.8 Å². The summed E-state index contributed by atoms with van der Waals surface area (Å²) in [6.45, 7) is 6.94. The van der Waals surface area contributed by atoms with E-state index in [4.69, 9.17) is 4.74 Å². The van der Waals surface area contributed by atoms with Gasteiger partial charge in [-0.1, -0.05) is 6.92 Å². The van der Waals surface area contributed by atoms with Crippen LogP contribution in [0.5, 0.6) is 0 Å². The van der Waals surface area contributed by atoms with Gasteiger partial charge in [0.05, 0.1) is 11.0 Å². The molecule has 0 saturated carbocycles. The monoisotopic (exact) mass is 308 g/mol. The molecule has 0 spiro atoms. The van der Waals surface area contributed by atoms with Gasteiger partial charge in [0.15, 0.2) is 5.78 Å². The average molecular weight is 308 g/mol. The second-order valence-corrected chi connectivity index (χ2v) is 5.78. The Hall–Kier alpha value is -2.44. The Morgan fingerprint density at radius 2 is 1.82 bits per heavy atom. The first kappa shape index (κ1) is 17.6. The molecular formula is C15H20N2O5. The van der Waals surface area contributed by atoms with Crippen LogP contribution in [0.1, 0.15) is 44.5 Å². The second-order valence-electron chi connectivity index (χ2n) is 5.78. The number of nitrogens with one attached hydrogen (secondary N) is 1. The maximum Gasteiger partial charge on any atom is 0.408 e. The summed E-state index contributed by atoms with van der Waals surface area (Å²) in [4.78, 5) is 34.1. The molecule has 0 aromatic heterocycles. The lowest BCUT2D eigenvalue weighted by molar-refractivity contribution is -0.384. The molecule has 0 saturated heterocycles. The summed E-state index contributed by atoms with van der Waals surface area (Å²) in [6.07, 6.45) is -0.288. The van der Waals surface area contributed by atoms with Crippen molar-refractivity contribution in [2.75, 3.05) is 0 Å². The first-order chi connectivity index (χ1) is 10.1. The first-order valence-electron chi connectivity index (χ1n) is 6.92. The van der Waals surface area contributed by atoms with Crippen LogP contribution in [0, 0.1) is 10.1 Å². The van der Waals surface area contributed by atoms with E-state index in [2.05, 4.69) is 5.32 Å². The predicted octanol–water partition coefficient (Wildman–Crippen LogP) is 3.08. The molecule has 1 amide bonds. The van der Waals surface area contributed by atoms with Crippen LogP contribution in [-0.2, 0) is 4.74 Å². The number of hydrogen-bond acceptors (Lipinski definition) is 5. The molecule has 0 aliphatic rings. The van der Waals surface area contributed by atoms with E-state index in [1.807, 2.05) is 0 Å². The molecule has 120 valence electrons. The van der Waals surface area contributed by atoms with E-state index >= 15 is 0 Å². The van der Waals surface area contributed by atoms with Crippen LogP contribution in [0.3, 0.4) is 0 Å². The molecule has 0 bridgehead atoms. The summed E-state index contributed by atoms with van der Waals surface area (Å²) in [5.41, 5.74) is -0.447. The predicted molar refractivity (Wildman–Crippen MR) is 80.9 cm³/mol. The smallest absolute Gasteiger partial charge is 0.408 e. The number of amides is 1. The van der Waals surface area contributed by atoms with Crippen molar-refractivity contribution >= 4 is 17.6 Å². The molecule has 0 heterocycles. The number of nitro groups is 1. The second kappa shape index (κ2) is 7.02. The van der Waals surface area contributed by atoms with E-state index < -0.39 is 22.7 Å². The van der Waals surface area contributed by atoms with Crippen molar-refractivity contribution < 1.29 is 19.2 Å². The Kier molecular flexibility index (Phi) is 5.62. The number of alkyl carbamates (subject to hydrolysis) is 1. The highest BCUT2D eigenvalue weighted by molar-refractivity contribution is 6.01. The van der Waals surface area contributed by atoms with Crippen LogP contribution in [0.15, 0.2) is 24.3 Å². The zero-order valence-corrected chi connectivity index (χ0v) is 13.1. The van der Waals surface area contributed by atoms with Crippen LogP contribution in [0.4, 0.5) is 10.5 Å². The molecule has 1 aromatic carbocycles. The van der Waals surface area contributed by atoms with Crippen molar-refractivity contribution in [1.29, 1.82) is 0 Å². The maximum atomic E-state index is 12.3. The van der Waals surface area contributed by atoms with Crippen LogP contribution < -0.4 is 5.32 Å². The van der Waals surface area contributed by atoms with Crippen molar-refractivity contribution in [3.63, 3.8) is 0 Å². The molecule has 1 atom stereocenters. The SMILES string of the molecule is CCC(NC(=O)OC(C)(C)C)C(=O)c1ccc([N+](=O)[O-])cc1. The Morgan fingerprint density at radius 3 is 2.23 bits per heavy atom. The molecule has 0 radical (unpaired) electrons. The van der Waals surface area contributed by atoms with E-state index in [0.29, 0.717) is 12.0 Å². The average Bonchev–Trinajstić information content (AvgIpc) is 2.42. The standard InChI is InChI=1S/C15H20N2O5/c1-5-12(16-14(19)22-15(2,3)4)13(18)10-6-8-11(9-7-10)17(20)21/h6-9,12H,5H2,1-4H3,(H,16,19). The minimum absolute atomic E-state index is 0.0929. The van der Waals surface area contributed by atoms with Crippen LogP contribution in [0.2, 0.25) is 0 Å². The van der Waals surface area contributed by atoms with Gasteiger partial charge in [0.2, 0.25) is 0 Å². The van der Waals surface area contributed by atoms with Crippen molar-refractivity contribution in [2.24, 2.45) is 0 Å². The zero-order chi connectivity index (χ0) is 16.9. The number of rotatable bonds is 5. The fraction of sp³-hybridized carbons (Fsp3) is 0.467. The lowest BCUT2D eigenvalue weighted by Crippen LogP contribution is -2.43. The molecule has 1 rings (SSSR count). The third kappa shape index (κ3) is 5.16. The highest BCUT2D eigenvalue weighted by atomic mass is 16.6. The van der Waals surface area contributed by atoms with Crippen molar-refractivity contribution in [3.05, 3.63) is 39.9 Å². The molecule has 7 heteroatoms. The number of ether oxygens (including phenoxy) is 1. The number of Topliss-reactive ketones (excluding diaryl/α,β-unsaturated/α-hetero) is 1. The van der Waals surface area contributed by atoms with E-state index in [1.165, 1.54) is 24.3 Å². The van der Waals surface area contributed by atoms with Gasteiger partial charge >= 0.3 is 6.09 Å². The number of nitro benzene ring substituents is 1. The van der Waals surface area contributed by atoms with Gasteiger partial charge in [0.1, 0.15) is 5.60 Å². The highest BCUT2D eigenvalue weighted by Gasteiger charge is 2.24. The van der Waals surface area contributed by atoms with E-state index in [1.54, 1.807) is 27.7 Å². The van der Waals surface area contributed by atoms with Crippen LogP contribution in [-0.4, -0.2) is 28.4 Å². The quantitative estimate of drug-likeness (QED) is 0.512.